The van der Waals surface area contributed by atoms with E-state index >= 15 is 0 Å². The minimum Gasteiger partial charge on any atom is -0.281 e. The first-order valence-corrected chi connectivity index (χ1v) is 9.27. The van der Waals surface area contributed by atoms with Gasteiger partial charge in [-0.25, -0.2) is 9.78 Å². The molecule has 3 rings (SSSR count). The van der Waals surface area contributed by atoms with E-state index in [2.05, 4.69) is 4.98 Å². The summed E-state index contributed by atoms with van der Waals surface area (Å²) in [5, 5.41) is 1.97. The highest BCUT2D eigenvalue weighted by Gasteiger charge is 2.40. The highest BCUT2D eigenvalue weighted by atomic mass is 19.4. The molecule has 0 unspecified atom stereocenters. The number of aromatic nitrogens is 1. The zero-order valence-corrected chi connectivity index (χ0v) is 16.8. The van der Waals surface area contributed by atoms with Crippen molar-refractivity contribution in [1.82, 2.24) is 10.3 Å². The second kappa shape index (κ2) is 8.93. The number of nitrogens with one attached hydrogen (secondary N) is 1. The lowest BCUT2D eigenvalue weighted by atomic mass is 9.99. The Labute approximate surface area is 183 Å². The predicted octanol–water partition coefficient (Wildman–Crippen LogP) is 5.77. The molecular formula is C22H15F6N3O2. The Kier molecular flexibility index (Phi) is 6.43. The number of anilines is 1. The molecule has 0 saturated carbocycles. The molecule has 0 aliphatic carbocycles. The number of alkyl halides is 6. The minimum absolute atomic E-state index is 0.113. The Morgan fingerprint density at radius 1 is 0.848 bits per heavy atom. The van der Waals surface area contributed by atoms with Crippen molar-refractivity contribution >= 4 is 17.8 Å². The average Bonchev–Trinajstić information content (AvgIpc) is 2.77. The zero-order chi connectivity index (χ0) is 24.4. The molecule has 0 spiro atoms. The number of pyridine rings is 1. The van der Waals surface area contributed by atoms with Gasteiger partial charge in [-0.3, -0.25) is 15.0 Å². The fourth-order valence-corrected chi connectivity index (χ4v) is 3.00. The molecule has 0 fully saturated rings. The summed E-state index contributed by atoms with van der Waals surface area (Å²) >= 11 is 0. The first-order valence-electron chi connectivity index (χ1n) is 9.27. The van der Waals surface area contributed by atoms with Gasteiger partial charge in [-0.15, -0.1) is 0 Å². The number of carbonyl (C=O) groups excluding carboxylic acids is 2. The van der Waals surface area contributed by atoms with E-state index in [4.69, 9.17) is 0 Å². The van der Waals surface area contributed by atoms with Gasteiger partial charge in [0.2, 0.25) is 0 Å². The fourth-order valence-electron chi connectivity index (χ4n) is 3.00. The molecule has 172 valence electrons. The van der Waals surface area contributed by atoms with Crippen LogP contribution in [0.2, 0.25) is 0 Å². The Morgan fingerprint density at radius 2 is 1.45 bits per heavy atom. The Morgan fingerprint density at radius 3 is 2.00 bits per heavy atom. The van der Waals surface area contributed by atoms with Gasteiger partial charge in [0.15, 0.2) is 0 Å². The highest BCUT2D eigenvalue weighted by Crippen LogP contribution is 2.42. The first kappa shape index (κ1) is 23.8. The molecule has 3 aromatic rings. The lowest BCUT2D eigenvalue weighted by Gasteiger charge is -2.23. The van der Waals surface area contributed by atoms with Crippen molar-refractivity contribution in [3.8, 4) is 11.1 Å². The van der Waals surface area contributed by atoms with Crippen LogP contribution in [-0.4, -0.2) is 24.0 Å². The lowest BCUT2D eigenvalue weighted by molar-refractivity contribution is -0.138. The lowest BCUT2D eigenvalue weighted by Crippen LogP contribution is -2.42. The van der Waals surface area contributed by atoms with E-state index in [1.165, 1.54) is 12.1 Å². The molecule has 0 radical (unpaired) electrons. The van der Waals surface area contributed by atoms with Crippen molar-refractivity contribution in [3.63, 3.8) is 0 Å². The summed E-state index contributed by atoms with van der Waals surface area (Å²) in [6, 6.07) is 10.5. The smallest absolute Gasteiger partial charge is 0.281 e. The molecule has 0 atom stereocenters. The van der Waals surface area contributed by atoms with Crippen LogP contribution in [0.5, 0.6) is 0 Å². The van der Waals surface area contributed by atoms with Crippen LogP contribution >= 0.6 is 0 Å². The maximum atomic E-state index is 14.0. The van der Waals surface area contributed by atoms with Gasteiger partial charge >= 0.3 is 18.4 Å². The van der Waals surface area contributed by atoms with Crippen molar-refractivity contribution in [1.29, 1.82) is 0 Å². The molecule has 2 aromatic carbocycles. The maximum Gasteiger partial charge on any atom is 0.420 e. The average molecular weight is 467 g/mol. The fraction of sp³-hybridized carbons (Fsp3) is 0.136. The number of halogens is 6. The number of hydrogen-bond acceptors (Lipinski definition) is 3. The number of urea groups is 1. The van der Waals surface area contributed by atoms with Gasteiger partial charge in [0, 0.05) is 18.8 Å². The topological polar surface area (TPSA) is 62.3 Å². The van der Waals surface area contributed by atoms with Crippen LogP contribution in [0.4, 0.5) is 37.0 Å². The van der Waals surface area contributed by atoms with E-state index in [9.17, 15) is 35.9 Å². The Hall–Kier alpha value is -3.89. The van der Waals surface area contributed by atoms with Crippen molar-refractivity contribution in [2.45, 2.75) is 12.4 Å². The van der Waals surface area contributed by atoms with Crippen LogP contribution in [0, 0.1) is 0 Å². The molecule has 1 heterocycles. The number of imide groups is 1. The third-order valence-corrected chi connectivity index (χ3v) is 4.62. The number of rotatable bonds is 3. The summed E-state index contributed by atoms with van der Waals surface area (Å²) in [4.78, 5) is 28.8. The first-order chi connectivity index (χ1) is 15.4. The Balaban J connectivity index is 1.99. The number of nitrogens with zero attached hydrogens (tertiary/aromatic N) is 2. The summed E-state index contributed by atoms with van der Waals surface area (Å²) in [6.45, 7) is 0. The van der Waals surface area contributed by atoms with Gasteiger partial charge in [0.25, 0.3) is 5.91 Å². The quantitative estimate of drug-likeness (QED) is 0.498. The van der Waals surface area contributed by atoms with Crippen LogP contribution in [-0.2, 0) is 12.4 Å². The second-order valence-corrected chi connectivity index (χ2v) is 6.81. The van der Waals surface area contributed by atoms with Crippen molar-refractivity contribution in [2.24, 2.45) is 0 Å². The third-order valence-electron chi connectivity index (χ3n) is 4.62. The molecule has 0 bridgehead atoms. The molecular weight excluding hydrogens is 452 g/mol. The van der Waals surface area contributed by atoms with Gasteiger partial charge in [0.1, 0.15) is 11.4 Å². The molecule has 1 aromatic heterocycles. The molecule has 0 saturated heterocycles. The van der Waals surface area contributed by atoms with Gasteiger partial charge < -0.3 is 0 Å². The molecule has 11 heteroatoms. The summed E-state index contributed by atoms with van der Waals surface area (Å²) in [5.41, 5.74) is -2.88. The van der Waals surface area contributed by atoms with Crippen LogP contribution in [0.15, 0.2) is 66.9 Å². The van der Waals surface area contributed by atoms with E-state index in [0.717, 1.165) is 31.4 Å². The van der Waals surface area contributed by atoms with Crippen LogP contribution < -0.4 is 10.2 Å². The summed E-state index contributed by atoms with van der Waals surface area (Å²) in [7, 11) is 0.988. The van der Waals surface area contributed by atoms with Gasteiger partial charge in [0.05, 0.1) is 5.56 Å². The van der Waals surface area contributed by atoms with E-state index < -0.39 is 46.8 Å². The molecule has 0 aliphatic heterocycles. The van der Waals surface area contributed by atoms with E-state index in [0.29, 0.717) is 17.0 Å². The summed E-state index contributed by atoms with van der Waals surface area (Å²) in [6.07, 6.45) is -8.68. The van der Waals surface area contributed by atoms with E-state index in [-0.39, 0.29) is 11.1 Å². The Bertz CT molecular complexity index is 1160. The van der Waals surface area contributed by atoms with Crippen molar-refractivity contribution < 1.29 is 35.9 Å². The predicted molar refractivity (Wildman–Crippen MR) is 107 cm³/mol. The minimum atomic E-state index is -5.01. The zero-order valence-electron chi connectivity index (χ0n) is 16.8. The van der Waals surface area contributed by atoms with Crippen LogP contribution in [0.25, 0.3) is 11.1 Å². The van der Waals surface area contributed by atoms with Crippen LogP contribution in [0.3, 0.4) is 0 Å². The number of carbonyl (C=O) groups is 2. The molecule has 33 heavy (non-hydrogen) atoms. The largest absolute Gasteiger partial charge is 0.420 e. The SMILES string of the molecule is CN(C(=O)NC(=O)c1ccccc1)c1nccc(-c2ccc(C(F)(F)F)cc2)c1C(F)(F)F. The van der Waals surface area contributed by atoms with Gasteiger partial charge in [-0.1, -0.05) is 30.3 Å². The van der Waals surface area contributed by atoms with Crippen LogP contribution in [0.1, 0.15) is 21.5 Å². The third kappa shape index (κ3) is 5.30. The standard InChI is InChI=1S/C22H15F6N3O2/c1-31(20(33)30-19(32)14-5-3-2-4-6-14)18-17(22(26,27)28)16(11-12-29-18)13-7-9-15(10-8-13)21(23,24)25/h2-12H,1H3,(H,30,32,33). The van der Waals surface area contributed by atoms with E-state index in [1.54, 1.807) is 18.2 Å². The second-order valence-electron chi connectivity index (χ2n) is 6.81. The molecule has 0 aliphatic rings. The van der Waals surface area contributed by atoms with Crippen molar-refractivity contribution in [2.75, 3.05) is 11.9 Å². The monoisotopic (exact) mass is 467 g/mol. The van der Waals surface area contributed by atoms with Gasteiger partial charge in [-0.2, -0.15) is 26.3 Å². The number of hydrogen-bond donors (Lipinski definition) is 1. The normalized spacial score (nSPS) is 11.7. The highest BCUT2D eigenvalue weighted by molar-refractivity contribution is 6.08. The maximum absolute atomic E-state index is 14.0. The van der Waals surface area contributed by atoms with E-state index in [1.807, 2.05) is 5.32 Å². The molecule has 1 N–H and O–H groups in total. The molecule has 3 amide bonds. The van der Waals surface area contributed by atoms with Gasteiger partial charge in [-0.05, 0) is 41.5 Å². The summed E-state index contributed by atoms with van der Waals surface area (Å²) < 4.78 is 80.3. The summed E-state index contributed by atoms with van der Waals surface area (Å²) in [5.74, 6) is -1.65. The number of amides is 3. The molecule has 5 nitrogen and oxygen atoms in total. The number of benzene rings is 2. The van der Waals surface area contributed by atoms with Crippen molar-refractivity contribution in [3.05, 3.63) is 83.6 Å².